The number of halogens is 3. The molecule has 1 aromatic carbocycles. The largest absolute Gasteiger partial charge is 0.417 e. The Bertz CT molecular complexity index is 624. The molecule has 0 fully saturated rings. The van der Waals surface area contributed by atoms with Crippen LogP contribution < -0.4 is 5.32 Å². The van der Waals surface area contributed by atoms with Gasteiger partial charge in [0.15, 0.2) is 0 Å². The fraction of sp³-hybridized carbons (Fsp3) is 0.333. The number of anilines is 1. The topological polar surface area (TPSA) is 37.8 Å². The van der Waals surface area contributed by atoms with E-state index >= 15 is 0 Å². The number of aromatic nitrogens is 2. The molecule has 0 saturated heterocycles. The highest BCUT2D eigenvalue weighted by molar-refractivity contribution is 5.67. The monoisotopic (exact) mass is 295 g/mol. The van der Waals surface area contributed by atoms with E-state index in [9.17, 15) is 13.2 Å². The van der Waals surface area contributed by atoms with E-state index in [4.69, 9.17) is 0 Å². The minimum atomic E-state index is -4.41. The summed E-state index contributed by atoms with van der Waals surface area (Å²) in [4.78, 5) is 8.32. The first-order valence-electron chi connectivity index (χ1n) is 6.68. The molecular weight excluding hydrogens is 279 g/mol. The maximum Gasteiger partial charge on any atom is 0.417 e. The van der Waals surface area contributed by atoms with Crippen molar-refractivity contribution >= 4 is 5.82 Å². The summed E-state index contributed by atoms with van der Waals surface area (Å²) in [6.07, 6.45) is -3.51. The second-order valence-corrected chi connectivity index (χ2v) is 4.66. The molecule has 0 aliphatic heterocycles. The minimum Gasteiger partial charge on any atom is -0.370 e. The van der Waals surface area contributed by atoms with Crippen LogP contribution in [0.15, 0.2) is 30.3 Å². The van der Waals surface area contributed by atoms with Crippen molar-refractivity contribution in [2.45, 2.75) is 26.4 Å². The Balaban J connectivity index is 2.49. The van der Waals surface area contributed by atoms with Crippen molar-refractivity contribution in [3.8, 4) is 11.3 Å². The molecular formula is C15H16F3N3. The Kier molecular flexibility index (Phi) is 4.45. The number of rotatable bonds is 4. The predicted octanol–water partition coefficient (Wildman–Crippen LogP) is 4.29. The highest BCUT2D eigenvalue weighted by atomic mass is 19.4. The van der Waals surface area contributed by atoms with Gasteiger partial charge in [-0.25, -0.2) is 9.97 Å². The SMILES string of the molecule is CCCNc1cc(-c2ccccc2C(F)(F)F)nc(C)n1. The van der Waals surface area contributed by atoms with Crippen LogP contribution in [0.4, 0.5) is 19.0 Å². The maximum atomic E-state index is 13.1. The lowest BCUT2D eigenvalue weighted by atomic mass is 10.0. The van der Waals surface area contributed by atoms with E-state index in [0.29, 0.717) is 18.2 Å². The first-order valence-corrected chi connectivity index (χ1v) is 6.68. The molecule has 21 heavy (non-hydrogen) atoms. The number of aryl methyl sites for hydroxylation is 1. The van der Waals surface area contributed by atoms with Gasteiger partial charge in [0.25, 0.3) is 0 Å². The third-order valence-corrected chi connectivity index (χ3v) is 2.90. The Morgan fingerprint density at radius 1 is 1.14 bits per heavy atom. The van der Waals surface area contributed by atoms with Crippen molar-refractivity contribution < 1.29 is 13.2 Å². The van der Waals surface area contributed by atoms with E-state index in [-0.39, 0.29) is 11.3 Å². The second kappa shape index (κ2) is 6.11. The lowest BCUT2D eigenvalue weighted by molar-refractivity contribution is -0.137. The molecule has 0 bridgehead atoms. The molecule has 0 unspecified atom stereocenters. The number of hydrogen-bond donors (Lipinski definition) is 1. The molecule has 112 valence electrons. The van der Waals surface area contributed by atoms with Crippen LogP contribution in [-0.2, 0) is 6.18 Å². The van der Waals surface area contributed by atoms with Crippen LogP contribution in [0.1, 0.15) is 24.7 Å². The molecule has 0 atom stereocenters. The van der Waals surface area contributed by atoms with Crippen LogP contribution in [0, 0.1) is 6.92 Å². The van der Waals surface area contributed by atoms with Crippen LogP contribution in [0.25, 0.3) is 11.3 Å². The number of nitrogens with zero attached hydrogens (tertiary/aromatic N) is 2. The van der Waals surface area contributed by atoms with Gasteiger partial charge in [0.2, 0.25) is 0 Å². The fourth-order valence-corrected chi connectivity index (χ4v) is 2.00. The number of nitrogens with one attached hydrogen (secondary N) is 1. The van der Waals surface area contributed by atoms with E-state index in [1.54, 1.807) is 19.1 Å². The lowest BCUT2D eigenvalue weighted by Crippen LogP contribution is -2.09. The normalized spacial score (nSPS) is 11.5. The van der Waals surface area contributed by atoms with Gasteiger partial charge < -0.3 is 5.32 Å². The van der Waals surface area contributed by atoms with Crippen molar-refractivity contribution in [3.05, 3.63) is 41.7 Å². The smallest absolute Gasteiger partial charge is 0.370 e. The van der Waals surface area contributed by atoms with Gasteiger partial charge >= 0.3 is 6.18 Å². The minimum absolute atomic E-state index is 0.0649. The zero-order valence-electron chi connectivity index (χ0n) is 11.8. The Morgan fingerprint density at radius 2 is 1.86 bits per heavy atom. The van der Waals surface area contributed by atoms with Crippen molar-refractivity contribution in [1.82, 2.24) is 9.97 Å². The molecule has 1 heterocycles. The van der Waals surface area contributed by atoms with Gasteiger partial charge in [-0.3, -0.25) is 0 Å². The molecule has 0 radical (unpaired) electrons. The average molecular weight is 295 g/mol. The molecule has 3 nitrogen and oxygen atoms in total. The van der Waals surface area contributed by atoms with Crippen LogP contribution in [0.2, 0.25) is 0 Å². The number of hydrogen-bond acceptors (Lipinski definition) is 3. The molecule has 2 aromatic rings. The van der Waals surface area contributed by atoms with E-state index in [0.717, 1.165) is 12.5 Å². The first-order chi connectivity index (χ1) is 9.91. The van der Waals surface area contributed by atoms with Gasteiger partial charge in [0.05, 0.1) is 11.3 Å². The third-order valence-electron chi connectivity index (χ3n) is 2.90. The summed E-state index contributed by atoms with van der Waals surface area (Å²) < 4.78 is 39.2. The lowest BCUT2D eigenvalue weighted by Gasteiger charge is -2.13. The van der Waals surface area contributed by atoms with Gasteiger partial charge in [-0.15, -0.1) is 0 Å². The third kappa shape index (κ3) is 3.71. The maximum absolute atomic E-state index is 13.1. The van der Waals surface area contributed by atoms with Gasteiger partial charge in [0, 0.05) is 18.2 Å². The Morgan fingerprint density at radius 3 is 2.52 bits per heavy atom. The van der Waals surface area contributed by atoms with Gasteiger partial charge in [-0.05, 0) is 19.4 Å². The molecule has 0 aliphatic carbocycles. The van der Waals surface area contributed by atoms with Crippen molar-refractivity contribution in [2.75, 3.05) is 11.9 Å². The molecule has 1 aromatic heterocycles. The molecule has 0 aliphatic rings. The van der Waals surface area contributed by atoms with E-state index < -0.39 is 11.7 Å². The second-order valence-electron chi connectivity index (χ2n) is 4.66. The Hall–Kier alpha value is -2.11. The van der Waals surface area contributed by atoms with E-state index in [2.05, 4.69) is 15.3 Å². The molecule has 1 N–H and O–H groups in total. The zero-order chi connectivity index (χ0) is 15.5. The highest BCUT2D eigenvalue weighted by Crippen LogP contribution is 2.36. The summed E-state index contributed by atoms with van der Waals surface area (Å²) in [5, 5.41) is 3.07. The van der Waals surface area contributed by atoms with Gasteiger partial charge in [-0.2, -0.15) is 13.2 Å². The van der Waals surface area contributed by atoms with Crippen molar-refractivity contribution in [1.29, 1.82) is 0 Å². The van der Waals surface area contributed by atoms with Crippen molar-refractivity contribution in [3.63, 3.8) is 0 Å². The van der Waals surface area contributed by atoms with Crippen LogP contribution in [0.3, 0.4) is 0 Å². The molecule has 0 spiro atoms. The molecule has 0 saturated carbocycles. The van der Waals surface area contributed by atoms with Gasteiger partial charge in [-0.1, -0.05) is 25.1 Å². The predicted molar refractivity (Wildman–Crippen MR) is 76.0 cm³/mol. The quantitative estimate of drug-likeness (QED) is 0.914. The van der Waals surface area contributed by atoms with Crippen LogP contribution >= 0.6 is 0 Å². The van der Waals surface area contributed by atoms with E-state index in [1.807, 2.05) is 6.92 Å². The summed E-state index contributed by atoms with van der Waals surface area (Å²) in [5.74, 6) is 0.972. The zero-order valence-corrected chi connectivity index (χ0v) is 11.8. The molecule has 6 heteroatoms. The summed E-state index contributed by atoms with van der Waals surface area (Å²) in [6.45, 7) is 4.37. The molecule has 2 rings (SSSR count). The van der Waals surface area contributed by atoms with E-state index in [1.165, 1.54) is 12.1 Å². The van der Waals surface area contributed by atoms with Crippen LogP contribution in [-0.4, -0.2) is 16.5 Å². The van der Waals surface area contributed by atoms with Crippen molar-refractivity contribution in [2.24, 2.45) is 0 Å². The van der Waals surface area contributed by atoms with Crippen LogP contribution in [0.5, 0.6) is 0 Å². The number of alkyl halides is 3. The highest BCUT2D eigenvalue weighted by Gasteiger charge is 2.33. The standard InChI is InChI=1S/C15H16F3N3/c1-3-8-19-14-9-13(20-10(2)21-14)11-6-4-5-7-12(11)15(16,17)18/h4-7,9H,3,8H2,1-2H3,(H,19,20,21). The summed E-state index contributed by atoms with van der Waals surface area (Å²) >= 11 is 0. The summed E-state index contributed by atoms with van der Waals surface area (Å²) in [7, 11) is 0. The average Bonchev–Trinajstić information content (AvgIpc) is 2.43. The number of benzene rings is 1. The summed E-state index contributed by atoms with van der Waals surface area (Å²) in [6, 6.07) is 6.98. The fourth-order valence-electron chi connectivity index (χ4n) is 2.00. The summed E-state index contributed by atoms with van der Waals surface area (Å²) in [5.41, 5.74) is -0.353. The first kappa shape index (κ1) is 15.3. The van der Waals surface area contributed by atoms with Gasteiger partial charge in [0.1, 0.15) is 11.6 Å². The Labute approximate surface area is 121 Å². The molecule has 0 amide bonds.